The van der Waals surface area contributed by atoms with Crippen LogP contribution < -0.4 is 4.74 Å². The molecule has 0 fully saturated rings. The van der Waals surface area contributed by atoms with Gasteiger partial charge in [-0.2, -0.15) is 0 Å². The Bertz CT molecular complexity index is 1240. The lowest BCUT2D eigenvalue weighted by atomic mass is 10.0. The molecule has 0 aliphatic rings. The van der Waals surface area contributed by atoms with Gasteiger partial charge in [0.1, 0.15) is 5.75 Å². The fourth-order valence-electron chi connectivity index (χ4n) is 3.34. The van der Waals surface area contributed by atoms with Crippen LogP contribution in [0.15, 0.2) is 60.0 Å². The topological polar surface area (TPSA) is 65.5 Å². The Morgan fingerprint density at radius 2 is 1.73 bits per heavy atom. The maximum absolute atomic E-state index is 13.1. The number of methoxy groups -OCH3 is 1. The number of rotatable bonds is 4. The Morgan fingerprint density at radius 3 is 2.40 bits per heavy atom. The van der Waals surface area contributed by atoms with Gasteiger partial charge < -0.3 is 9.47 Å². The minimum Gasteiger partial charge on any atom is -0.465 e. The van der Waals surface area contributed by atoms with Crippen molar-refractivity contribution in [3.05, 3.63) is 82.2 Å². The molecule has 2 aromatic heterocycles. The lowest BCUT2D eigenvalue weighted by molar-refractivity contribution is 0.0600. The molecule has 5 nitrogen and oxygen atoms in total. The zero-order valence-corrected chi connectivity index (χ0v) is 17.6. The van der Waals surface area contributed by atoms with Crippen LogP contribution in [-0.4, -0.2) is 24.0 Å². The van der Waals surface area contributed by atoms with Gasteiger partial charge in [-0.15, -0.1) is 11.3 Å². The molecular formula is C24H19NO4S. The molecule has 2 heterocycles. The molecule has 0 amide bonds. The Morgan fingerprint density at radius 1 is 0.967 bits per heavy atom. The van der Waals surface area contributed by atoms with Gasteiger partial charge in [-0.05, 0) is 67.3 Å². The molecular weight excluding hydrogens is 398 g/mol. The Hall–Kier alpha value is -3.51. The number of thiophene rings is 1. The molecule has 0 bridgehead atoms. The second kappa shape index (κ2) is 8.08. The molecule has 0 spiro atoms. The summed E-state index contributed by atoms with van der Waals surface area (Å²) in [4.78, 5) is 30.5. The summed E-state index contributed by atoms with van der Waals surface area (Å²) in [7, 11) is 1.32. The van der Waals surface area contributed by atoms with Crippen molar-refractivity contribution in [1.29, 1.82) is 0 Å². The van der Waals surface area contributed by atoms with E-state index < -0.39 is 11.9 Å². The second-order valence-corrected chi connectivity index (χ2v) is 7.86. The summed E-state index contributed by atoms with van der Waals surface area (Å²) in [6.45, 7) is 3.97. The SMILES string of the molecule is COC(=O)c1ccc(OC(=O)c2cc(-c3cccs3)nc3c(C)cc(C)cc23)cc1. The van der Waals surface area contributed by atoms with Crippen LogP contribution in [0.25, 0.3) is 21.5 Å². The quantitative estimate of drug-likeness (QED) is 0.320. The van der Waals surface area contributed by atoms with Crippen LogP contribution in [0.4, 0.5) is 0 Å². The van der Waals surface area contributed by atoms with Crippen molar-refractivity contribution in [2.45, 2.75) is 13.8 Å². The van der Waals surface area contributed by atoms with Crippen LogP contribution in [0.2, 0.25) is 0 Å². The van der Waals surface area contributed by atoms with Gasteiger partial charge >= 0.3 is 11.9 Å². The molecule has 0 unspecified atom stereocenters. The normalized spacial score (nSPS) is 10.8. The van der Waals surface area contributed by atoms with Gasteiger partial charge in [-0.3, -0.25) is 0 Å². The van der Waals surface area contributed by atoms with E-state index in [0.29, 0.717) is 16.9 Å². The van der Waals surface area contributed by atoms with E-state index in [1.165, 1.54) is 7.11 Å². The highest BCUT2D eigenvalue weighted by Crippen LogP contribution is 2.30. The molecule has 0 saturated heterocycles. The van der Waals surface area contributed by atoms with Gasteiger partial charge in [0, 0.05) is 5.39 Å². The molecule has 6 heteroatoms. The third-order valence-corrected chi connectivity index (χ3v) is 5.62. The van der Waals surface area contributed by atoms with Crippen LogP contribution in [-0.2, 0) is 4.74 Å². The standard InChI is InChI=1S/C24H19NO4S/c1-14-11-15(2)22-18(12-14)19(13-20(25-22)21-5-4-10-30-21)24(27)29-17-8-6-16(7-9-17)23(26)28-3/h4-13H,1-3H3. The number of pyridine rings is 1. The first-order valence-electron chi connectivity index (χ1n) is 9.32. The summed E-state index contributed by atoms with van der Waals surface area (Å²) in [5.41, 5.74) is 4.39. The van der Waals surface area contributed by atoms with Crippen molar-refractivity contribution in [2.24, 2.45) is 0 Å². The van der Waals surface area contributed by atoms with E-state index in [1.54, 1.807) is 41.7 Å². The highest BCUT2D eigenvalue weighted by Gasteiger charge is 2.18. The van der Waals surface area contributed by atoms with Crippen LogP contribution in [0.3, 0.4) is 0 Å². The second-order valence-electron chi connectivity index (χ2n) is 6.92. The molecule has 0 N–H and O–H groups in total. The van der Waals surface area contributed by atoms with Crippen molar-refractivity contribution in [2.75, 3.05) is 7.11 Å². The van der Waals surface area contributed by atoms with E-state index in [2.05, 4.69) is 0 Å². The van der Waals surface area contributed by atoms with Crippen LogP contribution in [0, 0.1) is 13.8 Å². The average molecular weight is 417 g/mol. The Balaban J connectivity index is 1.76. The first-order valence-corrected chi connectivity index (χ1v) is 10.2. The zero-order valence-electron chi connectivity index (χ0n) is 16.8. The van der Waals surface area contributed by atoms with Crippen LogP contribution >= 0.6 is 11.3 Å². The zero-order chi connectivity index (χ0) is 21.3. The molecule has 0 saturated carbocycles. The van der Waals surface area contributed by atoms with E-state index in [0.717, 1.165) is 32.6 Å². The van der Waals surface area contributed by atoms with E-state index in [-0.39, 0.29) is 0 Å². The number of hydrogen-bond acceptors (Lipinski definition) is 6. The van der Waals surface area contributed by atoms with E-state index in [1.807, 2.05) is 43.5 Å². The average Bonchev–Trinajstić information content (AvgIpc) is 3.28. The Labute approximate surface area is 177 Å². The number of ether oxygens (including phenoxy) is 2. The number of esters is 2. The van der Waals surface area contributed by atoms with Crippen LogP contribution in [0.1, 0.15) is 31.8 Å². The molecule has 150 valence electrons. The number of nitrogens with zero attached hydrogens (tertiary/aromatic N) is 1. The van der Waals surface area contributed by atoms with Gasteiger partial charge in [0.15, 0.2) is 0 Å². The molecule has 0 atom stereocenters. The van der Waals surface area contributed by atoms with Gasteiger partial charge in [0.05, 0.1) is 34.3 Å². The summed E-state index contributed by atoms with van der Waals surface area (Å²) in [5, 5.41) is 2.73. The Kier molecular flexibility index (Phi) is 5.33. The predicted octanol–water partition coefficient (Wildman–Crippen LogP) is 5.59. The minimum absolute atomic E-state index is 0.347. The number of aryl methyl sites for hydroxylation is 2. The third kappa shape index (κ3) is 3.82. The minimum atomic E-state index is -0.476. The number of hydrogen-bond donors (Lipinski definition) is 0. The lowest BCUT2D eigenvalue weighted by Crippen LogP contribution is -2.11. The monoisotopic (exact) mass is 417 g/mol. The van der Waals surface area contributed by atoms with Gasteiger partial charge in [0.2, 0.25) is 0 Å². The molecule has 0 aliphatic heterocycles. The number of benzene rings is 2. The molecule has 0 radical (unpaired) electrons. The summed E-state index contributed by atoms with van der Waals surface area (Å²) in [6, 6.07) is 16.0. The lowest BCUT2D eigenvalue weighted by Gasteiger charge is -2.12. The first-order chi connectivity index (χ1) is 14.5. The summed E-state index contributed by atoms with van der Waals surface area (Å²) < 4.78 is 10.3. The highest BCUT2D eigenvalue weighted by atomic mass is 32.1. The summed E-state index contributed by atoms with van der Waals surface area (Å²) in [5.74, 6) is -0.574. The van der Waals surface area contributed by atoms with Crippen molar-refractivity contribution in [3.63, 3.8) is 0 Å². The van der Waals surface area contributed by atoms with Gasteiger partial charge in [-0.25, -0.2) is 14.6 Å². The maximum Gasteiger partial charge on any atom is 0.344 e. The van der Waals surface area contributed by atoms with Crippen LogP contribution in [0.5, 0.6) is 5.75 Å². The number of fused-ring (bicyclic) bond motifs is 1. The maximum atomic E-state index is 13.1. The van der Waals surface area contributed by atoms with E-state index in [9.17, 15) is 9.59 Å². The third-order valence-electron chi connectivity index (χ3n) is 4.73. The highest BCUT2D eigenvalue weighted by molar-refractivity contribution is 7.13. The van der Waals surface area contributed by atoms with Gasteiger partial charge in [-0.1, -0.05) is 17.7 Å². The molecule has 0 aliphatic carbocycles. The fourth-order valence-corrected chi connectivity index (χ4v) is 4.03. The first kappa shape index (κ1) is 19.8. The van der Waals surface area contributed by atoms with Crippen molar-refractivity contribution >= 4 is 34.2 Å². The number of carbonyl (C=O) groups is 2. The van der Waals surface area contributed by atoms with Crippen molar-refractivity contribution in [3.8, 4) is 16.3 Å². The fraction of sp³-hybridized carbons (Fsp3) is 0.125. The number of aromatic nitrogens is 1. The summed E-state index contributed by atoms with van der Waals surface area (Å²) in [6.07, 6.45) is 0. The number of carbonyl (C=O) groups excluding carboxylic acids is 2. The van der Waals surface area contributed by atoms with E-state index >= 15 is 0 Å². The smallest absolute Gasteiger partial charge is 0.344 e. The van der Waals surface area contributed by atoms with E-state index in [4.69, 9.17) is 14.5 Å². The molecule has 2 aromatic carbocycles. The summed E-state index contributed by atoms with van der Waals surface area (Å²) >= 11 is 1.57. The molecule has 30 heavy (non-hydrogen) atoms. The van der Waals surface area contributed by atoms with Crippen molar-refractivity contribution < 1.29 is 19.1 Å². The molecule has 4 rings (SSSR count). The van der Waals surface area contributed by atoms with Crippen molar-refractivity contribution in [1.82, 2.24) is 4.98 Å². The predicted molar refractivity (Wildman–Crippen MR) is 117 cm³/mol. The largest absolute Gasteiger partial charge is 0.465 e. The van der Waals surface area contributed by atoms with Gasteiger partial charge in [0.25, 0.3) is 0 Å². The molecule has 4 aromatic rings.